The van der Waals surface area contributed by atoms with Crippen molar-refractivity contribution >= 4 is 0 Å². The standard InChI is InChI=1S/C15H31N3/c1-15(2)7-4-6-13(14(15)16)12-18-9-5-8-17(3)10-11-18/h13-14H,4-12,16H2,1-3H3. The smallest absolute Gasteiger partial charge is 0.0131 e. The molecular weight excluding hydrogens is 222 g/mol. The molecule has 2 unspecified atom stereocenters. The molecule has 2 aliphatic rings. The van der Waals surface area contributed by atoms with Gasteiger partial charge in [-0.15, -0.1) is 0 Å². The number of nitrogens with two attached hydrogens (primary N) is 1. The Balaban J connectivity index is 1.88. The van der Waals surface area contributed by atoms with Crippen LogP contribution in [0.25, 0.3) is 0 Å². The van der Waals surface area contributed by atoms with E-state index in [1.807, 2.05) is 0 Å². The van der Waals surface area contributed by atoms with E-state index in [1.54, 1.807) is 0 Å². The lowest BCUT2D eigenvalue weighted by Crippen LogP contribution is -2.50. The summed E-state index contributed by atoms with van der Waals surface area (Å²) in [4.78, 5) is 5.10. The topological polar surface area (TPSA) is 32.5 Å². The van der Waals surface area contributed by atoms with Gasteiger partial charge in [0, 0.05) is 25.7 Å². The van der Waals surface area contributed by atoms with Crippen molar-refractivity contribution in [3.63, 3.8) is 0 Å². The zero-order chi connectivity index (χ0) is 13.2. The van der Waals surface area contributed by atoms with Crippen LogP contribution in [0.15, 0.2) is 0 Å². The highest BCUT2D eigenvalue weighted by molar-refractivity contribution is 4.92. The molecule has 0 aromatic rings. The molecule has 2 rings (SSSR count). The summed E-state index contributed by atoms with van der Waals surface area (Å²) in [5, 5.41) is 0. The van der Waals surface area contributed by atoms with Gasteiger partial charge >= 0.3 is 0 Å². The molecule has 3 nitrogen and oxygen atoms in total. The van der Waals surface area contributed by atoms with Crippen molar-refractivity contribution in [3.8, 4) is 0 Å². The summed E-state index contributed by atoms with van der Waals surface area (Å²) in [6, 6.07) is 0.382. The largest absolute Gasteiger partial charge is 0.327 e. The van der Waals surface area contributed by atoms with Gasteiger partial charge in [-0.1, -0.05) is 20.3 Å². The normalized spacial score (nSPS) is 35.3. The molecule has 1 saturated carbocycles. The van der Waals surface area contributed by atoms with Crippen molar-refractivity contribution in [2.45, 2.75) is 45.6 Å². The molecule has 1 heterocycles. The van der Waals surface area contributed by atoms with Gasteiger partial charge in [-0.05, 0) is 50.7 Å². The second-order valence-electron chi connectivity index (χ2n) is 7.12. The minimum atomic E-state index is 0.339. The highest BCUT2D eigenvalue weighted by Gasteiger charge is 2.36. The number of hydrogen-bond acceptors (Lipinski definition) is 3. The third-order valence-corrected chi connectivity index (χ3v) is 5.11. The van der Waals surface area contributed by atoms with Gasteiger partial charge in [-0.25, -0.2) is 0 Å². The second kappa shape index (κ2) is 5.89. The second-order valence-corrected chi connectivity index (χ2v) is 7.12. The van der Waals surface area contributed by atoms with E-state index in [9.17, 15) is 0 Å². The van der Waals surface area contributed by atoms with Crippen molar-refractivity contribution in [1.82, 2.24) is 9.80 Å². The molecule has 2 fully saturated rings. The Labute approximate surface area is 113 Å². The zero-order valence-electron chi connectivity index (χ0n) is 12.5. The average Bonchev–Trinajstić information content (AvgIpc) is 2.50. The van der Waals surface area contributed by atoms with Crippen molar-refractivity contribution in [2.75, 3.05) is 39.8 Å². The van der Waals surface area contributed by atoms with E-state index in [0.29, 0.717) is 17.4 Å². The van der Waals surface area contributed by atoms with Gasteiger partial charge in [0.05, 0.1) is 0 Å². The summed E-state index contributed by atoms with van der Waals surface area (Å²) in [6.07, 6.45) is 5.30. The molecule has 106 valence electrons. The third-order valence-electron chi connectivity index (χ3n) is 5.11. The van der Waals surface area contributed by atoms with Crippen LogP contribution in [0.3, 0.4) is 0 Å². The predicted octanol–water partition coefficient (Wildman–Crippen LogP) is 1.78. The first kappa shape index (κ1) is 14.3. The average molecular weight is 253 g/mol. The minimum Gasteiger partial charge on any atom is -0.327 e. The van der Waals surface area contributed by atoms with Crippen LogP contribution < -0.4 is 5.73 Å². The fourth-order valence-corrected chi connectivity index (χ4v) is 3.62. The van der Waals surface area contributed by atoms with Crippen LogP contribution in [0.2, 0.25) is 0 Å². The molecule has 3 heteroatoms. The van der Waals surface area contributed by atoms with Crippen LogP contribution in [0.5, 0.6) is 0 Å². The van der Waals surface area contributed by atoms with E-state index < -0.39 is 0 Å². The van der Waals surface area contributed by atoms with Gasteiger partial charge in [0.2, 0.25) is 0 Å². The molecule has 1 aliphatic heterocycles. The Hall–Kier alpha value is -0.120. The maximum atomic E-state index is 6.50. The summed E-state index contributed by atoms with van der Waals surface area (Å²) >= 11 is 0. The molecule has 2 atom stereocenters. The van der Waals surface area contributed by atoms with Gasteiger partial charge in [-0.2, -0.15) is 0 Å². The van der Waals surface area contributed by atoms with E-state index in [4.69, 9.17) is 5.73 Å². The van der Waals surface area contributed by atoms with Crippen molar-refractivity contribution in [1.29, 1.82) is 0 Å². The molecule has 0 radical (unpaired) electrons. The molecule has 0 amide bonds. The fourth-order valence-electron chi connectivity index (χ4n) is 3.62. The lowest BCUT2D eigenvalue weighted by Gasteiger charge is -2.43. The minimum absolute atomic E-state index is 0.339. The molecule has 1 aliphatic carbocycles. The molecule has 0 bridgehead atoms. The molecule has 2 N–H and O–H groups in total. The number of likely N-dealkylation sites (N-methyl/N-ethyl adjacent to an activating group) is 1. The maximum Gasteiger partial charge on any atom is 0.0131 e. The third kappa shape index (κ3) is 3.46. The van der Waals surface area contributed by atoms with Crippen LogP contribution in [-0.4, -0.2) is 55.6 Å². The Bertz CT molecular complexity index is 264. The lowest BCUT2D eigenvalue weighted by molar-refractivity contribution is 0.103. The van der Waals surface area contributed by atoms with Crippen LogP contribution in [0.4, 0.5) is 0 Å². The first-order chi connectivity index (χ1) is 8.49. The summed E-state index contributed by atoms with van der Waals surface area (Å²) in [6.45, 7) is 10.9. The summed E-state index contributed by atoms with van der Waals surface area (Å²) in [5.41, 5.74) is 6.84. The van der Waals surface area contributed by atoms with E-state index in [-0.39, 0.29) is 0 Å². The number of rotatable bonds is 2. The summed E-state index contributed by atoms with van der Waals surface area (Å²) in [7, 11) is 2.24. The fraction of sp³-hybridized carbons (Fsp3) is 1.00. The van der Waals surface area contributed by atoms with E-state index >= 15 is 0 Å². The quantitative estimate of drug-likeness (QED) is 0.814. The highest BCUT2D eigenvalue weighted by Crippen LogP contribution is 2.38. The van der Waals surface area contributed by atoms with Crippen LogP contribution in [-0.2, 0) is 0 Å². The van der Waals surface area contributed by atoms with E-state index in [2.05, 4.69) is 30.7 Å². The SMILES string of the molecule is CN1CCCN(CC2CCCC(C)(C)C2N)CC1. The Morgan fingerprint density at radius 1 is 1.11 bits per heavy atom. The van der Waals surface area contributed by atoms with Crippen molar-refractivity contribution in [2.24, 2.45) is 17.1 Å². The maximum absolute atomic E-state index is 6.50. The van der Waals surface area contributed by atoms with Gasteiger partial charge in [0.25, 0.3) is 0 Å². The molecule has 0 spiro atoms. The predicted molar refractivity (Wildman–Crippen MR) is 77.7 cm³/mol. The summed E-state index contributed by atoms with van der Waals surface area (Å²) in [5.74, 6) is 0.706. The van der Waals surface area contributed by atoms with Gasteiger partial charge in [-0.3, -0.25) is 0 Å². The zero-order valence-corrected chi connectivity index (χ0v) is 12.5. The molecular formula is C15H31N3. The van der Waals surface area contributed by atoms with Gasteiger partial charge < -0.3 is 15.5 Å². The highest BCUT2D eigenvalue weighted by atomic mass is 15.2. The first-order valence-electron chi connectivity index (χ1n) is 7.65. The van der Waals surface area contributed by atoms with E-state index in [0.717, 1.165) is 0 Å². The van der Waals surface area contributed by atoms with Crippen LogP contribution in [0.1, 0.15) is 39.5 Å². The van der Waals surface area contributed by atoms with Crippen LogP contribution >= 0.6 is 0 Å². The Kier molecular flexibility index (Phi) is 4.68. The van der Waals surface area contributed by atoms with Crippen molar-refractivity contribution in [3.05, 3.63) is 0 Å². The monoisotopic (exact) mass is 253 g/mol. The molecule has 1 saturated heterocycles. The van der Waals surface area contributed by atoms with Crippen LogP contribution in [0, 0.1) is 11.3 Å². The molecule has 0 aromatic heterocycles. The Morgan fingerprint density at radius 3 is 2.67 bits per heavy atom. The number of hydrogen-bond donors (Lipinski definition) is 1. The lowest BCUT2D eigenvalue weighted by atomic mass is 9.68. The molecule has 18 heavy (non-hydrogen) atoms. The Morgan fingerprint density at radius 2 is 1.89 bits per heavy atom. The number of nitrogens with zero attached hydrogens (tertiary/aromatic N) is 2. The summed E-state index contributed by atoms with van der Waals surface area (Å²) < 4.78 is 0. The van der Waals surface area contributed by atoms with E-state index in [1.165, 1.54) is 58.4 Å². The van der Waals surface area contributed by atoms with Gasteiger partial charge in [0.15, 0.2) is 0 Å². The molecule has 0 aromatic carbocycles. The first-order valence-corrected chi connectivity index (χ1v) is 7.65. The van der Waals surface area contributed by atoms with Gasteiger partial charge in [0.1, 0.15) is 0 Å². The van der Waals surface area contributed by atoms with Crippen molar-refractivity contribution < 1.29 is 0 Å².